The number of hydrogen-bond acceptors (Lipinski definition) is 5. The van der Waals surface area contributed by atoms with Crippen LogP contribution in [0.25, 0.3) is 0 Å². The summed E-state index contributed by atoms with van der Waals surface area (Å²) in [6.45, 7) is 1.03. The highest BCUT2D eigenvalue weighted by Crippen LogP contribution is 2.36. The number of carbonyl (C=O) groups excluding carboxylic acids is 1. The Kier molecular flexibility index (Phi) is 4.61. The number of ether oxygens (including phenoxy) is 2. The zero-order valence-electron chi connectivity index (χ0n) is 14.3. The number of hydrogen-bond donors (Lipinski definition) is 1. The predicted octanol–water partition coefficient (Wildman–Crippen LogP) is 2.55. The molecule has 25 heavy (non-hydrogen) atoms. The lowest BCUT2D eigenvalue weighted by molar-refractivity contribution is -0.126. The molecule has 2 heterocycles. The van der Waals surface area contributed by atoms with Gasteiger partial charge in [0.25, 0.3) is 0 Å². The normalized spacial score (nSPS) is 18.2. The number of aryl methyl sites for hydroxylation is 2. The Hall–Kier alpha value is -2.08. The van der Waals surface area contributed by atoms with Gasteiger partial charge in [-0.05, 0) is 37.3 Å². The van der Waals surface area contributed by atoms with Crippen molar-refractivity contribution in [3.05, 3.63) is 39.3 Å². The molecule has 0 fully saturated rings. The molecule has 0 saturated carbocycles. The molecule has 1 N–H and O–H groups in total. The summed E-state index contributed by atoms with van der Waals surface area (Å²) in [6, 6.07) is 5.81. The Morgan fingerprint density at radius 1 is 1.44 bits per heavy atom. The average molecular weight is 358 g/mol. The Bertz CT molecular complexity index is 765. The van der Waals surface area contributed by atoms with Crippen LogP contribution in [0.5, 0.6) is 11.5 Å². The van der Waals surface area contributed by atoms with E-state index < -0.39 is 0 Å². The number of benzene rings is 1. The number of aromatic nitrogens is 1. The van der Waals surface area contributed by atoms with E-state index in [0.29, 0.717) is 19.6 Å². The van der Waals surface area contributed by atoms with Crippen LogP contribution in [0, 0.1) is 5.92 Å². The molecule has 5 nitrogen and oxygen atoms in total. The maximum atomic E-state index is 12.5. The van der Waals surface area contributed by atoms with Crippen LogP contribution >= 0.6 is 11.3 Å². The molecule has 0 bridgehead atoms. The van der Waals surface area contributed by atoms with E-state index >= 15 is 0 Å². The predicted molar refractivity (Wildman–Crippen MR) is 96.5 cm³/mol. The molecule has 2 aliphatic rings. The lowest BCUT2D eigenvalue weighted by atomic mass is 9.95. The van der Waals surface area contributed by atoms with E-state index in [2.05, 4.69) is 10.3 Å². The first-order chi connectivity index (χ1) is 12.2. The minimum absolute atomic E-state index is 0.0533. The van der Waals surface area contributed by atoms with Crippen LogP contribution < -0.4 is 14.8 Å². The van der Waals surface area contributed by atoms with Crippen molar-refractivity contribution in [3.8, 4) is 11.5 Å². The third-order valence-electron chi connectivity index (χ3n) is 4.82. The maximum absolute atomic E-state index is 12.5. The number of nitrogens with zero attached hydrogens (tertiary/aromatic N) is 1. The van der Waals surface area contributed by atoms with Crippen molar-refractivity contribution in [2.24, 2.45) is 5.92 Å². The number of methoxy groups -OCH3 is 1. The van der Waals surface area contributed by atoms with Crippen molar-refractivity contribution < 1.29 is 14.3 Å². The second kappa shape index (κ2) is 7.04. The van der Waals surface area contributed by atoms with E-state index in [1.54, 1.807) is 18.4 Å². The second-order valence-corrected chi connectivity index (χ2v) is 7.70. The van der Waals surface area contributed by atoms with Gasteiger partial charge in [-0.25, -0.2) is 4.98 Å². The molecule has 0 spiro atoms. The van der Waals surface area contributed by atoms with Gasteiger partial charge in [0.15, 0.2) is 11.5 Å². The van der Waals surface area contributed by atoms with Crippen LogP contribution in [0.1, 0.15) is 27.6 Å². The molecular formula is C19H22N2O3S. The average Bonchev–Trinajstić information content (AvgIpc) is 3.22. The van der Waals surface area contributed by atoms with E-state index in [1.807, 2.05) is 18.2 Å². The Balaban J connectivity index is 1.31. The third kappa shape index (κ3) is 3.35. The minimum atomic E-state index is -0.152. The molecule has 1 aromatic heterocycles. The molecule has 0 saturated heterocycles. The number of para-hydroxylation sites is 1. The van der Waals surface area contributed by atoms with Crippen molar-refractivity contribution in [2.75, 3.05) is 20.3 Å². The third-order valence-corrected chi connectivity index (χ3v) is 6.04. The molecule has 2 aromatic rings. The minimum Gasteiger partial charge on any atom is -0.493 e. The Morgan fingerprint density at radius 2 is 2.36 bits per heavy atom. The fraction of sp³-hybridized carbons (Fsp3) is 0.474. The smallest absolute Gasteiger partial charge is 0.226 e. The summed E-state index contributed by atoms with van der Waals surface area (Å²) in [4.78, 5) is 18.6. The van der Waals surface area contributed by atoms with Crippen LogP contribution in [0.2, 0.25) is 0 Å². The number of rotatable bonds is 5. The van der Waals surface area contributed by atoms with Gasteiger partial charge in [-0.3, -0.25) is 4.79 Å². The van der Waals surface area contributed by atoms with Gasteiger partial charge in [-0.1, -0.05) is 12.1 Å². The largest absolute Gasteiger partial charge is 0.493 e. The molecule has 6 heteroatoms. The molecule has 0 unspecified atom stereocenters. The van der Waals surface area contributed by atoms with Crippen LogP contribution in [-0.4, -0.2) is 31.2 Å². The van der Waals surface area contributed by atoms with Crippen molar-refractivity contribution in [3.63, 3.8) is 0 Å². The number of thiazole rings is 1. The summed E-state index contributed by atoms with van der Waals surface area (Å²) < 4.78 is 11.1. The lowest BCUT2D eigenvalue weighted by Crippen LogP contribution is -2.38. The number of amides is 1. The van der Waals surface area contributed by atoms with Gasteiger partial charge in [-0.2, -0.15) is 0 Å². The highest BCUT2D eigenvalue weighted by molar-refractivity contribution is 7.11. The van der Waals surface area contributed by atoms with E-state index in [9.17, 15) is 4.79 Å². The topological polar surface area (TPSA) is 60.5 Å². The van der Waals surface area contributed by atoms with E-state index in [0.717, 1.165) is 34.9 Å². The van der Waals surface area contributed by atoms with Crippen molar-refractivity contribution in [1.82, 2.24) is 10.3 Å². The fourth-order valence-corrected chi connectivity index (χ4v) is 4.67. The molecule has 1 aliphatic carbocycles. The summed E-state index contributed by atoms with van der Waals surface area (Å²) in [5, 5.41) is 4.18. The Labute approximate surface area is 151 Å². The summed E-state index contributed by atoms with van der Waals surface area (Å²) in [5.74, 6) is 1.40. The van der Waals surface area contributed by atoms with E-state index in [4.69, 9.17) is 9.47 Å². The van der Waals surface area contributed by atoms with Gasteiger partial charge in [-0.15, -0.1) is 11.3 Å². The number of nitrogens with one attached hydrogen (secondary N) is 1. The van der Waals surface area contributed by atoms with Crippen LogP contribution in [-0.2, 0) is 30.5 Å². The van der Waals surface area contributed by atoms with Crippen molar-refractivity contribution >= 4 is 17.2 Å². The van der Waals surface area contributed by atoms with Gasteiger partial charge in [0, 0.05) is 17.8 Å². The quantitative estimate of drug-likeness (QED) is 0.892. The first-order valence-electron chi connectivity index (χ1n) is 8.78. The maximum Gasteiger partial charge on any atom is 0.226 e. The molecule has 0 radical (unpaired) electrons. The molecule has 1 amide bonds. The summed E-state index contributed by atoms with van der Waals surface area (Å²) in [6.07, 6.45) is 5.01. The second-order valence-electron chi connectivity index (χ2n) is 6.53. The zero-order valence-corrected chi connectivity index (χ0v) is 15.2. The molecule has 1 aromatic carbocycles. The van der Waals surface area contributed by atoms with Gasteiger partial charge < -0.3 is 14.8 Å². The summed E-state index contributed by atoms with van der Waals surface area (Å²) in [7, 11) is 1.63. The molecule has 132 valence electrons. The van der Waals surface area contributed by atoms with Gasteiger partial charge in [0.05, 0.1) is 23.7 Å². The lowest BCUT2D eigenvalue weighted by Gasteiger charge is -2.25. The SMILES string of the molecule is COc1cccc2c1OC[C@H](C(=O)NCCc1nc3c(s1)CCC3)C2. The zero-order chi connectivity index (χ0) is 17.2. The van der Waals surface area contributed by atoms with Crippen molar-refractivity contribution in [1.29, 1.82) is 0 Å². The van der Waals surface area contributed by atoms with Gasteiger partial charge in [0.1, 0.15) is 6.61 Å². The summed E-state index contributed by atoms with van der Waals surface area (Å²) in [5.41, 5.74) is 2.31. The molecular weight excluding hydrogens is 336 g/mol. The Morgan fingerprint density at radius 3 is 3.20 bits per heavy atom. The van der Waals surface area contributed by atoms with Gasteiger partial charge >= 0.3 is 0 Å². The number of carbonyl (C=O) groups is 1. The van der Waals surface area contributed by atoms with E-state index in [1.165, 1.54) is 23.4 Å². The van der Waals surface area contributed by atoms with Crippen LogP contribution in [0.4, 0.5) is 0 Å². The standard InChI is InChI=1S/C19H22N2O3S/c1-23-15-6-2-4-12-10-13(11-24-18(12)15)19(22)20-9-8-17-21-14-5-3-7-16(14)25-17/h2,4,6,13H,3,5,7-11H2,1H3,(H,20,22)/t13-/m1/s1. The monoisotopic (exact) mass is 358 g/mol. The molecule has 1 aliphatic heterocycles. The number of fused-ring (bicyclic) bond motifs is 2. The first-order valence-corrected chi connectivity index (χ1v) is 9.60. The van der Waals surface area contributed by atoms with Gasteiger partial charge in [0.2, 0.25) is 5.91 Å². The van der Waals surface area contributed by atoms with Crippen LogP contribution in [0.3, 0.4) is 0 Å². The first kappa shape index (κ1) is 16.4. The molecule has 4 rings (SSSR count). The van der Waals surface area contributed by atoms with Crippen LogP contribution in [0.15, 0.2) is 18.2 Å². The highest BCUT2D eigenvalue weighted by Gasteiger charge is 2.27. The summed E-state index contributed by atoms with van der Waals surface area (Å²) >= 11 is 1.80. The van der Waals surface area contributed by atoms with Crippen molar-refractivity contribution in [2.45, 2.75) is 32.1 Å². The highest BCUT2D eigenvalue weighted by atomic mass is 32.1. The molecule has 1 atom stereocenters. The fourth-order valence-electron chi connectivity index (χ4n) is 3.51. The van der Waals surface area contributed by atoms with E-state index in [-0.39, 0.29) is 11.8 Å².